The van der Waals surface area contributed by atoms with Gasteiger partial charge in [0, 0.05) is 14.7 Å². The number of carbonyl (C=O) groups is 1. The molecule has 2 nitrogen and oxygen atoms in total. The highest BCUT2D eigenvalue weighted by atomic mass is 79.9. The van der Waals surface area contributed by atoms with Gasteiger partial charge in [-0.25, -0.2) is 8.78 Å². The molecule has 2 rings (SSSR count). The summed E-state index contributed by atoms with van der Waals surface area (Å²) in [5.74, 6) is -2.00. The molecule has 1 amide bonds. The largest absolute Gasteiger partial charge is 0.347 e. The second-order valence-electron chi connectivity index (χ2n) is 3.54. The lowest BCUT2D eigenvalue weighted by atomic mass is 10.2. The third kappa shape index (κ3) is 3.14. The van der Waals surface area contributed by atoms with Gasteiger partial charge in [-0.15, -0.1) is 11.3 Å². The predicted molar refractivity (Wildman–Crippen MR) is 69.5 cm³/mol. The number of hydrogen-bond donors (Lipinski definition) is 1. The summed E-state index contributed by atoms with van der Waals surface area (Å²) < 4.78 is 27.2. The van der Waals surface area contributed by atoms with E-state index in [1.165, 1.54) is 11.3 Å². The van der Waals surface area contributed by atoms with Gasteiger partial charge in [0.05, 0.1) is 12.1 Å². The molecule has 0 aliphatic heterocycles. The molecule has 0 fully saturated rings. The van der Waals surface area contributed by atoms with E-state index in [9.17, 15) is 13.6 Å². The lowest BCUT2D eigenvalue weighted by Crippen LogP contribution is -2.23. The van der Waals surface area contributed by atoms with Crippen LogP contribution in [0.5, 0.6) is 0 Å². The van der Waals surface area contributed by atoms with Crippen molar-refractivity contribution in [3.8, 4) is 0 Å². The van der Waals surface area contributed by atoms with Crippen LogP contribution in [0.3, 0.4) is 0 Å². The second kappa shape index (κ2) is 5.58. The first kappa shape index (κ1) is 13.2. The normalized spacial score (nSPS) is 10.4. The van der Waals surface area contributed by atoms with Crippen molar-refractivity contribution in [2.75, 3.05) is 0 Å². The minimum Gasteiger partial charge on any atom is -0.347 e. The molecule has 1 aromatic heterocycles. The molecule has 1 aromatic carbocycles. The van der Waals surface area contributed by atoms with Crippen molar-refractivity contribution < 1.29 is 13.6 Å². The first-order valence-electron chi connectivity index (χ1n) is 5.02. The molecular formula is C12H8BrF2NOS. The van der Waals surface area contributed by atoms with E-state index in [0.717, 1.165) is 27.5 Å². The molecule has 0 unspecified atom stereocenters. The van der Waals surface area contributed by atoms with Gasteiger partial charge in [0.15, 0.2) is 0 Å². The molecule has 0 aliphatic carbocycles. The maximum absolute atomic E-state index is 13.3. The van der Waals surface area contributed by atoms with Crippen LogP contribution < -0.4 is 5.32 Å². The van der Waals surface area contributed by atoms with E-state index >= 15 is 0 Å². The Balaban J connectivity index is 2.05. The molecule has 0 saturated carbocycles. The number of thiophene rings is 1. The number of halogens is 3. The van der Waals surface area contributed by atoms with Crippen LogP contribution in [-0.2, 0) is 6.54 Å². The minimum absolute atomic E-state index is 0.283. The second-order valence-corrected chi connectivity index (χ2v) is 5.45. The zero-order valence-electron chi connectivity index (χ0n) is 9.04. The molecule has 0 aliphatic rings. The summed E-state index contributed by atoms with van der Waals surface area (Å²) in [7, 11) is 0. The highest BCUT2D eigenvalue weighted by Gasteiger charge is 2.12. The zero-order valence-corrected chi connectivity index (χ0v) is 11.4. The molecule has 0 bridgehead atoms. The minimum atomic E-state index is -0.735. The van der Waals surface area contributed by atoms with Crippen molar-refractivity contribution in [2.24, 2.45) is 0 Å². The number of rotatable bonds is 3. The fourth-order valence-corrected chi connectivity index (χ4v) is 2.77. The van der Waals surface area contributed by atoms with Gasteiger partial charge in [-0.3, -0.25) is 4.79 Å². The van der Waals surface area contributed by atoms with Crippen LogP contribution in [0.4, 0.5) is 8.78 Å². The Bertz CT molecular complexity index is 585. The van der Waals surface area contributed by atoms with Gasteiger partial charge in [0.2, 0.25) is 0 Å². The van der Waals surface area contributed by atoms with Crippen LogP contribution in [0.2, 0.25) is 0 Å². The van der Waals surface area contributed by atoms with Crippen LogP contribution in [-0.4, -0.2) is 5.91 Å². The fraction of sp³-hybridized carbons (Fsp3) is 0.0833. The van der Waals surface area contributed by atoms with Crippen LogP contribution in [0.25, 0.3) is 0 Å². The van der Waals surface area contributed by atoms with E-state index in [1.807, 2.05) is 11.4 Å². The summed E-state index contributed by atoms with van der Waals surface area (Å²) >= 11 is 4.76. The van der Waals surface area contributed by atoms with Gasteiger partial charge in [0.1, 0.15) is 11.6 Å². The monoisotopic (exact) mass is 331 g/mol. The van der Waals surface area contributed by atoms with Crippen molar-refractivity contribution in [1.29, 1.82) is 0 Å². The average molecular weight is 332 g/mol. The highest BCUT2D eigenvalue weighted by molar-refractivity contribution is 9.10. The van der Waals surface area contributed by atoms with E-state index in [-0.39, 0.29) is 12.1 Å². The molecule has 94 valence electrons. The van der Waals surface area contributed by atoms with Gasteiger partial charge < -0.3 is 5.32 Å². The molecule has 0 atom stereocenters. The van der Waals surface area contributed by atoms with Gasteiger partial charge in [0.25, 0.3) is 5.91 Å². The third-order valence-electron chi connectivity index (χ3n) is 2.22. The number of hydrogen-bond acceptors (Lipinski definition) is 2. The van der Waals surface area contributed by atoms with E-state index < -0.39 is 17.5 Å². The van der Waals surface area contributed by atoms with Gasteiger partial charge >= 0.3 is 0 Å². The lowest BCUT2D eigenvalue weighted by molar-refractivity contribution is 0.0946. The first-order chi connectivity index (χ1) is 8.56. The molecule has 0 radical (unpaired) electrons. The van der Waals surface area contributed by atoms with Crippen LogP contribution in [0.1, 0.15) is 15.2 Å². The Hall–Kier alpha value is -1.27. The highest BCUT2D eigenvalue weighted by Crippen LogP contribution is 2.19. The lowest BCUT2D eigenvalue weighted by Gasteiger charge is -2.04. The average Bonchev–Trinajstić information content (AvgIpc) is 2.75. The molecule has 0 saturated heterocycles. The Morgan fingerprint density at radius 3 is 2.78 bits per heavy atom. The Kier molecular flexibility index (Phi) is 4.08. The summed E-state index contributed by atoms with van der Waals surface area (Å²) in [6, 6.07) is 4.65. The SMILES string of the molecule is O=C(NCc1cc(Br)cs1)c1cc(F)ccc1F. The van der Waals surface area contributed by atoms with Crippen LogP contribution in [0.15, 0.2) is 34.1 Å². The van der Waals surface area contributed by atoms with Gasteiger partial charge in [-0.1, -0.05) is 0 Å². The van der Waals surface area contributed by atoms with Crippen molar-refractivity contribution in [3.63, 3.8) is 0 Å². The smallest absolute Gasteiger partial charge is 0.254 e. The number of nitrogens with one attached hydrogen (secondary N) is 1. The Morgan fingerprint density at radius 1 is 1.33 bits per heavy atom. The van der Waals surface area contributed by atoms with E-state index in [4.69, 9.17) is 0 Å². The van der Waals surface area contributed by atoms with Gasteiger partial charge in [-0.2, -0.15) is 0 Å². The van der Waals surface area contributed by atoms with E-state index in [2.05, 4.69) is 21.2 Å². The summed E-state index contributed by atoms with van der Waals surface area (Å²) in [6.45, 7) is 0.283. The third-order valence-corrected chi connectivity index (χ3v) is 3.92. The quantitative estimate of drug-likeness (QED) is 0.912. The first-order valence-corrected chi connectivity index (χ1v) is 6.69. The van der Waals surface area contributed by atoms with E-state index in [1.54, 1.807) is 0 Å². The number of carbonyl (C=O) groups excluding carboxylic acids is 1. The molecule has 2 aromatic rings. The van der Waals surface area contributed by atoms with Crippen molar-refractivity contribution >= 4 is 33.2 Å². The predicted octanol–water partition coefficient (Wildman–Crippen LogP) is 3.72. The molecule has 6 heteroatoms. The maximum Gasteiger partial charge on any atom is 0.254 e. The van der Waals surface area contributed by atoms with Crippen molar-refractivity contribution in [2.45, 2.75) is 6.54 Å². The number of amides is 1. The standard InChI is InChI=1S/C12H8BrF2NOS/c13-7-3-9(18-6-7)5-16-12(17)10-4-8(14)1-2-11(10)15/h1-4,6H,5H2,(H,16,17). The Labute approximate surface area is 115 Å². The van der Waals surface area contributed by atoms with Crippen molar-refractivity contribution in [1.82, 2.24) is 5.32 Å². The summed E-state index contributed by atoms with van der Waals surface area (Å²) in [6.07, 6.45) is 0. The summed E-state index contributed by atoms with van der Waals surface area (Å²) in [5, 5.41) is 4.42. The Morgan fingerprint density at radius 2 is 2.11 bits per heavy atom. The fourth-order valence-electron chi connectivity index (χ4n) is 1.38. The summed E-state index contributed by atoms with van der Waals surface area (Å²) in [5.41, 5.74) is -0.286. The van der Waals surface area contributed by atoms with Crippen LogP contribution in [0, 0.1) is 11.6 Å². The zero-order chi connectivity index (χ0) is 13.1. The van der Waals surface area contributed by atoms with Gasteiger partial charge in [-0.05, 0) is 40.2 Å². The van der Waals surface area contributed by atoms with Crippen molar-refractivity contribution in [3.05, 3.63) is 56.2 Å². The molecular weight excluding hydrogens is 324 g/mol. The molecule has 18 heavy (non-hydrogen) atoms. The molecule has 0 spiro atoms. The molecule has 1 N–H and O–H groups in total. The van der Waals surface area contributed by atoms with Crippen LogP contribution >= 0.6 is 27.3 Å². The number of benzene rings is 1. The van der Waals surface area contributed by atoms with E-state index in [0.29, 0.717) is 0 Å². The summed E-state index contributed by atoms with van der Waals surface area (Å²) in [4.78, 5) is 12.6. The topological polar surface area (TPSA) is 29.1 Å². The molecule has 1 heterocycles. The maximum atomic E-state index is 13.3.